The molecule has 9 nitrogen and oxygen atoms in total. The molecule has 5 rings (SSSR count). The third-order valence-corrected chi connectivity index (χ3v) is 8.35. The lowest BCUT2D eigenvalue weighted by Crippen LogP contribution is -2.43. The van der Waals surface area contributed by atoms with Crippen molar-refractivity contribution in [2.75, 3.05) is 25.0 Å². The first-order valence-electron chi connectivity index (χ1n) is 11.6. The van der Waals surface area contributed by atoms with Crippen LogP contribution in [0.25, 0.3) is 11.3 Å². The molecule has 0 saturated carbocycles. The highest BCUT2D eigenvalue weighted by Gasteiger charge is 2.35. The van der Waals surface area contributed by atoms with Gasteiger partial charge in [-0.05, 0) is 31.9 Å². The molecule has 1 N–H and O–H groups in total. The van der Waals surface area contributed by atoms with Crippen LogP contribution in [0.1, 0.15) is 35.0 Å². The molecule has 36 heavy (non-hydrogen) atoms. The fourth-order valence-electron chi connectivity index (χ4n) is 4.41. The largest absolute Gasteiger partial charge is 0.462 e. The number of benzene rings is 2. The number of ether oxygens (including phenoxy) is 1. The van der Waals surface area contributed by atoms with Crippen molar-refractivity contribution >= 4 is 44.2 Å². The van der Waals surface area contributed by atoms with Crippen molar-refractivity contribution < 1.29 is 22.7 Å². The van der Waals surface area contributed by atoms with Gasteiger partial charge in [-0.15, -0.1) is 4.40 Å². The quantitative estimate of drug-likeness (QED) is 0.505. The van der Waals surface area contributed by atoms with E-state index in [-0.39, 0.29) is 17.4 Å². The summed E-state index contributed by atoms with van der Waals surface area (Å²) >= 11 is 1.08. The zero-order chi connectivity index (χ0) is 25.3. The average Bonchev–Trinajstić information content (AvgIpc) is 3.43. The van der Waals surface area contributed by atoms with Gasteiger partial charge in [0.05, 0.1) is 18.2 Å². The highest BCUT2D eigenvalue weighted by molar-refractivity contribution is 7.90. The average molecular weight is 525 g/mol. The van der Waals surface area contributed by atoms with Crippen molar-refractivity contribution in [3.05, 3.63) is 65.0 Å². The van der Waals surface area contributed by atoms with E-state index < -0.39 is 21.9 Å². The lowest BCUT2D eigenvalue weighted by molar-refractivity contribution is -0.121. The van der Waals surface area contributed by atoms with E-state index in [4.69, 9.17) is 4.74 Å². The summed E-state index contributed by atoms with van der Waals surface area (Å²) < 4.78 is 34.1. The molecule has 2 aliphatic rings. The third kappa shape index (κ3) is 4.63. The number of thiazole rings is 1. The number of amides is 1. The fraction of sp³-hybridized carbons (Fsp3) is 0.280. The molecule has 11 heteroatoms. The van der Waals surface area contributed by atoms with E-state index in [2.05, 4.69) is 14.7 Å². The van der Waals surface area contributed by atoms with Gasteiger partial charge in [0, 0.05) is 24.2 Å². The van der Waals surface area contributed by atoms with Crippen LogP contribution in [0, 0.1) is 5.92 Å². The highest BCUT2D eigenvalue weighted by atomic mass is 32.2. The number of carbonyl (C=O) groups excluding carboxylic acids is 2. The number of anilines is 1. The Morgan fingerprint density at radius 2 is 1.89 bits per heavy atom. The molecule has 3 aromatic rings. The minimum absolute atomic E-state index is 0.189. The van der Waals surface area contributed by atoms with E-state index in [1.54, 1.807) is 31.2 Å². The van der Waals surface area contributed by atoms with Crippen LogP contribution < -0.4 is 5.32 Å². The summed E-state index contributed by atoms with van der Waals surface area (Å²) in [7, 11) is -3.74. The first-order valence-corrected chi connectivity index (χ1v) is 13.9. The number of likely N-dealkylation sites (tertiary alicyclic amines) is 1. The van der Waals surface area contributed by atoms with Crippen molar-refractivity contribution in [3.63, 3.8) is 0 Å². The number of carbonyl (C=O) groups is 2. The number of amidine groups is 1. The molecule has 1 amide bonds. The van der Waals surface area contributed by atoms with E-state index in [1.807, 2.05) is 35.2 Å². The molecule has 2 aromatic carbocycles. The Morgan fingerprint density at radius 3 is 2.67 bits per heavy atom. The predicted octanol–water partition coefficient (Wildman–Crippen LogP) is 3.79. The Hall–Kier alpha value is -3.57. The maximum atomic E-state index is 13.2. The molecule has 186 valence electrons. The van der Waals surface area contributed by atoms with Crippen LogP contribution in [0.2, 0.25) is 0 Å². The molecule has 1 aromatic heterocycles. The number of piperidine rings is 1. The molecule has 3 heterocycles. The van der Waals surface area contributed by atoms with Gasteiger partial charge in [0.25, 0.3) is 10.0 Å². The Kier molecular flexibility index (Phi) is 6.59. The van der Waals surface area contributed by atoms with Crippen molar-refractivity contribution in [1.82, 2.24) is 9.88 Å². The second kappa shape index (κ2) is 9.82. The summed E-state index contributed by atoms with van der Waals surface area (Å²) in [6, 6.07) is 16.0. The lowest BCUT2D eigenvalue weighted by atomic mass is 9.96. The van der Waals surface area contributed by atoms with Gasteiger partial charge in [0.1, 0.15) is 9.77 Å². The number of nitrogens with zero attached hydrogens (tertiary/aromatic N) is 3. The monoisotopic (exact) mass is 524 g/mol. The zero-order valence-corrected chi connectivity index (χ0v) is 21.1. The molecule has 1 atom stereocenters. The van der Waals surface area contributed by atoms with E-state index in [9.17, 15) is 18.0 Å². The van der Waals surface area contributed by atoms with Gasteiger partial charge in [0.15, 0.2) is 11.0 Å². The Balaban J connectivity index is 1.36. The minimum Gasteiger partial charge on any atom is -0.462 e. The fourth-order valence-corrected chi connectivity index (χ4v) is 6.52. The molecular weight excluding hydrogens is 500 g/mol. The van der Waals surface area contributed by atoms with Gasteiger partial charge < -0.3 is 15.0 Å². The number of hydrogen-bond donors (Lipinski definition) is 1. The molecule has 1 unspecified atom stereocenters. The second-order valence-electron chi connectivity index (χ2n) is 8.44. The molecule has 0 radical (unpaired) electrons. The van der Waals surface area contributed by atoms with Crippen LogP contribution in [-0.4, -0.2) is 55.7 Å². The molecule has 0 bridgehead atoms. The third-order valence-electron chi connectivity index (χ3n) is 6.07. The van der Waals surface area contributed by atoms with Crippen LogP contribution >= 0.6 is 11.3 Å². The van der Waals surface area contributed by atoms with Gasteiger partial charge in [0.2, 0.25) is 5.91 Å². The normalized spacial score (nSPS) is 18.3. The maximum absolute atomic E-state index is 13.2. The zero-order valence-electron chi connectivity index (χ0n) is 19.5. The standard InChI is InChI=1S/C25H24N4O5S2/c1-2-34-24(31)21-20(16-9-4-3-5-10-16)26-25(35-21)27-23(30)17-11-8-14-29(15-17)22-18-12-6-7-13-19(18)36(32,33)28-22/h3-7,9-10,12-13,17H,2,8,11,14-15H2,1H3,(H,26,27,30). The van der Waals surface area contributed by atoms with Gasteiger partial charge in [-0.2, -0.15) is 8.42 Å². The summed E-state index contributed by atoms with van der Waals surface area (Å²) in [6.45, 7) is 2.90. The number of fused-ring (bicyclic) bond motifs is 1. The number of sulfonamides is 1. The summed E-state index contributed by atoms with van der Waals surface area (Å²) in [5.74, 6) is -0.740. The Morgan fingerprint density at radius 1 is 1.14 bits per heavy atom. The SMILES string of the molecule is CCOC(=O)c1sc(NC(=O)C2CCCN(C3=NS(=O)(=O)c4ccccc43)C2)nc1-c1ccccc1. The number of rotatable bonds is 5. The topological polar surface area (TPSA) is 118 Å². The number of hydrogen-bond acceptors (Lipinski definition) is 8. The minimum atomic E-state index is -3.74. The first kappa shape index (κ1) is 24.1. The summed E-state index contributed by atoms with van der Waals surface area (Å²) in [5, 5.41) is 3.17. The van der Waals surface area contributed by atoms with Gasteiger partial charge in [-0.3, -0.25) is 4.79 Å². The molecule has 2 aliphatic heterocycles. The summed E-state index contributed by atoms with van der Waals surface area (Å²) in [6.07, 6.45) is 1.35. The second-order valence-corrected chi connectivity index (χ2v) is 11.0. The first-order chi connectivity index (χ1) is 17.4. The van der Waals surface area contributed by atoms with Crippen LogP contribution in [0.4, 0.5) is 5.13 Å². The van der Waals surface area contributed by atoms with Crippen molar-refractivity contribution in [3.8, 4) is 11.3 Å². The summed E-state index contributed by atoms with van der Waals surface area (Å²) in [4.78, 5) is 32.7. The summed E-state index contributed by atoms with van der Waals surface area (Å²) in [5.41, 5.74) is 1.77. The van der Waals surface area contributed by atoms with Crippen LogP contribution in [0.15, 0.2) is 63.9 Å². The van der Waals surface area contributed by atoms with E-state index in [0.717, 1.165) is 16.9 Å². The van der Waals surface area contributed by atoms with Crippen molar-refractivity contribution in [2.24, 2.45) is 10.3 Å². The van der Waals surface area contributed by atoms with Gasteiger partial charge >= 0.3 is 5.97 Å². The number of nitrogens with one attached hydrogen (secondary N) is 1. The van der Waals surface area contributed by atoms with E-state index in [1.165, 1.54) is 0 Å². The molecule has 0 aliphatic carbocycles. The Labute approximate surface area is 212 Å². The highest BCUT2D eigenvalue weighted by Crippen LogP contribution is 2.33. The maximum Gasteiger partial charge on any atom is 0.350 e. The van der Waals surface area contributed by atoms with Gasteiger partial charge in [-0.25, -0.2) is 9.78 Å². The lowest BCUT2D eigenvalue weighted by Gasteiger charge is -2.33. The molecule has 1 saturated heterocycles. The number of aromatic nitrogens is 1. The number of esters is 1. The van der Waals surface area contributed by atoms with E-state index >= 15 is 0 Å². The van der Waals surface area contributed by atoms with Crippen LogP contribution in [0.3, 0.4) is 0 Å². The van der Waals surface area contributed by atoms with Crippen molar-refractivity contribution in [2.45, 2.75) is 24.7 Å². The van der Waals surface area contributed by atoms with Gasteiger partial charge in [-0.1, -0.05) is 53.8 Å². The van der Waals surface area contributed by atoms with Crippen molar-refractivity contribution in [1.29, 1.82) is 0 Å². The Bertz CT molecular complexity index is 1450. The molecular formula is C25H24N4O5S2. The van der Waals surface area contributed by atoms with Crippen LogP contribution in [-0.2, 0) is 19.6 Å². The smallest absolute Gasteiger partial charge is 0.350 e. The molecule has 1 fully saturated rings. The predicted molar refractivity (Wildman–Crippen MR) is 137 cm³/mol. The molecule has 0 spiro atoms. The van der Waals surface area contributed by atoms with Crippen LogP contribution in [0.5, 0.6) is 0 Å². The van der Waals surface area contributed by atoms with E-state index in [0.29, 0.717) is 53.0 Å².